The van der Waals surface area contributed by atoms with Crippen molar-refractivity contribution in [1.29, 1.82) is 5.26 Å². The molecule has 5 N–H and O–H groups in total. The molecular formula is C25H23FN6O. The molecule has 0 bridgehead atoms. The number of nitrogens with one attached hydrogen (secondary N) is 1. The number of carbonyl (C=O) groups excluding carboxylic acids is 1. The molecule has 0 unspecified atom stereocenters. The van der Waals surface area contributed by atoms with E-state index in [-0.39, 0.29) is 23.4 Å². The lowest BCUT2D eigenvalue weighted by atomic mass is 9.89. The molecule has 166 valence electrons. The van der Waals surface area contributed by atoms with Gasteiger partial charge >= 0.3 is 0 Å². The molecule has 1 amide bonds. The van der Waals surface area contributed by atoms with Crippen molar-refractivity contribution in [2.75, 3.05) is 13.6 Å². The van der Waals surface area contributed by atoms with Gasteiger partial charge in [0.1, 0.15) is 11.9 Å². The van der Waals surface area contributed by atoms with Crippen LogP contribution in [0.2, 0.25) is 0 Å². The minimum atomic E-state index is -0.572. The van der Waals surface area contributed by atoms with E-state index in [9.17, 15) is 10.1 Å². The van der Waals surface area contributed by atoms with Crippen molar-refractivity contribution < 1.29 is 9.18 Å². The molecule has 0 saturated heterocycles. The van der Waals surface area contributed by atoms with Crippen LogP contribution in [-0.4, -0.2) is 31.4 Å². The first-order chi connectivity index (χ1) is 16.0. The predicted molar refractivity (Wildman–Crippen MR) is 129 cm³/mol. The van der Waals surface area contributed by atoms with Gasteiger partial charge in [0, 0.05) is 36.3 Å². The number of aryl methyl sites for hydroxylation is 1. The van der Waals surface area contributed by atoms with Crippen LogP contribution in [0.3, 0.4) is 0 Å². The molecule has 0 atom stereocenters. The number of fused-ring (bicyclic) bond motifs is 1. The molecule has 33 heavy (non-hydrogen) atoms. The Morgan fingerprint density at radius 1 is 1.24 bits per heavy atom. The Labute approximate surface area is 190 Å². The number of hydrogen-bond acceptors (Lipinski definition) is 6. The monoisotopic (exact) mass is 442 g/mol. The first kappa shape index (κ1) is 23.3. The first-order valence-corrected chi connectivity index (χ1v) is 10.1. The van der Waals surface area contributed by atoms with E-state index in [1.165, 1.54) is 19.3 Å². The van der Waals surface area contributed by atoms with Crippen LogP contribution in [0.4, 0.5) is 4.39 Å². The summed E-state index contributed by atoms with van der Waals surface area (Å²) in [5, 5.41) is 15.1. The molecule has 8 heteroatoms. The molecule has 0 saturated carbocycles. The van der Waals surface area contributed by atoms with E-state index in [0.717, 1.165) is 5.56 Å². The lowest BCUT2D eigenvalue weighted by Crippen LogP contribution is -2.20. The van der Waals surface area contributed by atoms with Crippen LogP contribution < -0.4 is 16.9 Å². The van der Waals surface area contributed by atoms with Gasteiger partial charge in [-0.2, -0.15) is 10.4 Å². The minimum absolute atomic E-state index is 0.0767. The van der Waals surface area contributed by atoms with E-state index < -0.39 is 5.82 Å². The fourth-order valence-corrected chi connectivity index (χ4v) is 3.76. The highest BCUT2D eigenvalue weighted by atomic mass is 19.1. The van der Waals surface area contributed by atoms with Gasteiger partial charge < -0.3 is 11.5 Å². The Hall–Kier alpha value is -4.35. The molecular weight excluding hydrogens is 419 g/mol. The average molecular weight is 442 g/mol. The van der Waals surface area contributed by atoms with Gasteiger partial charge in [-0.05, 0) is 35.6 Å². The summed E-state index contributed by atoms with van der Waals surface area (Å²) >= 11 is 0. The standard InChI is InChI=1S/C25H23FN6O/c1-15-7-8-17(9-19(15)23(13-29)32-31-14-33)20(11-27)25(30-2)24-21(12-28)18-6-4-3-5-16(18)10-22(24)26/h3-11,14H,13,27,29H2,1-2H3,(H,31,33)/b20-11-,30-25?,32-23-. The third-order valence-electron chi connectivity index (χ3n) is 5.30. The van der Waals surface area contributed by atoms with Crippen molar-refractivity contribution in [3.63, 3.8) is 0 Å². The molecule has 0 aromatic heterocycles. The number of allylic oxidation sites excluding steroid dienone is 1. The molecule has 3 aromatic rings. The zero-order chi connectivity index (χ0) is 24.0. The number of nitriles is 1. The second-order valence-electron chi connectivity index (χ2n) is 7.13. The fourth-order valence-electron chi connectivity index (χ4n) is 3.76. The van der Waals surface area contributed by atoms with E-state index >= 15 is 4.39 Å². The van der Waals surface area contributed by atoms with Gasteiger partial charge in [-0.1, -0.05) is 36.4 Å². The zero-order valence-corrected chi connectivity index (χ0v) is 18.3. The van der Waals surface area contributed by atoms with Crippen molar-refractivity contribution in [3.05, 3.63) is 88.4 Å². The summed E-state index contributed by atoms with van der Waals surface area (Å²) in [6.45, 7) is 1.96. The summed E-state index contributed by atoms with van der Waals surface area (Å²) in [4.78, 5) is 15.0. The second kappa shape index (κ2) is 10.3. The average Bonchev–Trinajstić information content (AvgIpc) is 2.83. The maximum absolute atomic E-state index is 15.3. The van der Waals surface area contributed by atoms with Crippen LogP contribution in [0.1, 0.15) is 27.8 Å². The number of benzene rings is 3. The summed E-state index contributed by atoms with van der Waals surface area (Å²) < 4.78 is 15.3. The number of hydrazone groups is 1. The molecule has 0 spiro atoms. The maximum atomic E-state index is 15.3. The maximum Gasteiger partial charge on any atom is 0.227 e. The molecule has 3 rings (SSSR count). The van der Waals surface area contributed by atoms with Crippen LogP contribution >= 0.6 is 0 Å². The summed E-state index contributed by atoms with van der Waals surface area (Å²) in [6.07, 6.45) is 1.78. The van der Waals surface area contributed by atoms with Crippen LogP contribution in [0.15, 0.2) is 64.8 Å². The predicted octanol–water partition coefficient (Wildman–Crippen LogP) is 2.99. The molecule has 0 heterocycles. The fraction of sp³-hybridized carbons (Fsp3) is 0.120. The van der Waals surface area contributed by atoms with Crippen LogP contribution in [0.5, 0.6) is 0 Å². The van der Waals surface area contributed by atoms with Crippen molar-refractivity contribution in [3.8, 4) is 6.07 Å². The number of carbonyl (C=O) groups is 1. The molecule has 0 fully saturated rings. The van der Waals surface area contributed by atoms with E-state index in [4.69, 9.17) is 11.5 Å². The third kappa shape index (κ3) is 4.49. The topological polar surface area (TPSA) is 130 Å². The summed E-state index contributed by atoms with van der Waals surface area (Å²) in [6, 6.07) is 16.1. The Morgan fingerprint density at radius 3 is 2.64 bits per heavy atom. The van der Waals surface area contributed by atoms with E-state index in [2.05, 4.69) is 21.6 Å². The van der Waals surface area contributed by atoms with Crippen molar-refractivity contribution in [2.24, 2.45) is 21.6 Å². The smallest absolute Gasteiger partial charge is 0.227 e. The van der Waals surface area contributed by atoms with Gasteiger partial charge in [0.25, 0.3) is 0 Å². The van der Waals surface area contributed by atoms with Gasteiger partial charge in [-0.25, -0.2) is 9.82 Å². The van der Waals surface area contributed by atoms with Crippen molar-refractivity contribution >= 4 is 34.2 Å². The number of halogens is 1. The van der Waals surface area contributed by atoms with Crippen LogP contribution in [-0.2, 0) is 4.79 Å². The van der Waals surface area contributed by atoms with Crippen molar-refractivity contribution in [1.82, 2.24) is 5.43 Å². The van der Waals surface area contributed by atoms with E-state index in [1.54, 1.807) is 30.3 Å². The summed E-state index contributed by atoms with van der Waals surface area (Å²) in [7, 11) is 1.52. The van der Waals surface area contributed by atoms with Gasteiger partial charge in [-0.15, -0.1) is 0 Å². The number of nitrogens with two attached hydrogens (primary N) is 2. The Kier molecular flexibility index (Phi) is 7.28. The Bertz CT molecular complexity index is 1350. The van der Waals surface area contributed by atoms with E-state index in [0.29, 0.717) is 39.6 Å². The van der Waals surface area contributed by atoms with Gasteiger partial charge in [0.15, 0.2) is 0 Å². The third-order valence-corrected chi connectivity index (χ3v) is 5.30. The van der Waals surface area contributed by atoms with Gasteiger partial charge in [0.05, 0.1) is 22.6 Å². The van der Waals surface area contributed by atoms with Crippen LogP contribution in [0.25, 0.3) is 16.3 Å². The lowest BCUT2D eigenvalue weighted by Gasteiger charge is -2.17. The summed E-state index contributed by atoms with van der Waals surface area (Å²) in [5.41, 5.74) is 17.7. The first-order valence-electron chi connectivity index (χ1n) is 10.1. The van der Waals surface area contributed by atoms with Crippen molar-refractivity contribution in [2.45, 2.75) is 6.92 Å². The number of rotatable bonds is 7. The lowest BCUT2D eigenvalue weighted by molar-refractivity contribution is -0.109. The Balaban J connectivity index is 2.22. The SMILES string of the molecule is CN=C(/C(=C\N)c1ccc(C)c(/C(CN)=N\NC=O)c1)c1c(F)cc2ccccc2c1C#N. The number of amides is 1. The highest BCUT2D eigenvalue weighted by Crippen LogP contribution is 2.30. The highest BCUT2D eigenvalue weighted by molar-refractivity contribution is 6.33. The number of nitrogens with zero attached hydrogens (tertiary/aromatic N) is 3. The van der Waals surface area contributed by atoms with Crippen LogP contribution in [0, 0.1) is 24.1 Å². The number of hydrogen-bond donors (Lipinski definition) is 3. The molecule has 7 nitrogen and oxygen atoms in total. The normalized spacial score (nSPS) is 12.5. The largest absolute Gasteiger partial charge is 0.404 e. The number of aliphatic imine (C=N–C) groups is 1. The molecule has 0 aliphatic heterocycles. The van der Waals surface area contributed by atoms with E-state index in [1.807, 2.05) is 19.1 Å². The summed E-state index contributed by atoms with van der Waals surface area (Å²) in [5.74, 6) is -0.572. The van der Waals surface area contributed by atoms with Gasteiger partial charge in [-0.3, -0.25) is 9.79 Å². The quantitative estimate of drug-likeness (QED) is 0.295. The second-order valence-corrected chi connectivity index (χ2v) is 7.13. The molecule has 0 aliphatic rings. The molecule has 3 aromatic carbocycles. The highest BCUT2D eigenvalue weighted by Gasteiger charge is 2.22. The minimum Gasteiger partial charge on any atom is -0.404 e. The van der Waals surface area contributed by atoms with Gasteiger partial charge in [0.2, 0.25) is 6.41 Å². The molecule has 0 aliphatic carbocycles. The molecule has 0 radical (unpaired) electrons. The zero-order valence-electron chi connectivity index (χ0n) is 18.3. The Morgan fingerprint density at radius 2 is 2.00 bits per heavy atom.